The predicted octanol–water partition coefficient (Wildman–Crippen LogP) is 3.82. The molecular formula is C12H13F3. The summed E-state index contributed by atoms with van der Waals surface area (Å²) in [6.07, 6.45) is 1.99. The van der Waals surface area contributed by atoms with Crippen LogP contribution in [-0.4, -0.2) is 0 Å². The summed E-state index contributed by atoms with van der Waals surface area (Å²) in [7, 11) is 0. The van der Waals surface area contributed by atoms with Crippen molar-refractivity contribution in [1.29, 1.82) is 0 Å². The first-order valence-electron chi connectivity index (χ1n) is 4.69. The molecule has 0 amide bonds. The second kappa shape index (κ2) is 5.59. The largest absolute Gasteiger partial charge is 0.246 e. The van der Waals surface area contributed by atoms with Gasteiger partial charge in [0.05, 0.1) is 0 Å². The topological polar surface area (TPSA) is 0 Å². The van der Waals surface area contributed by atoms with Crippen molar-refractivity contribution in [2.45, 2.75) is 26.4 Å². The third-order valence-corrected chi connectivity index (χ3v) is 2.29. The fraction of sp³-hybridized carbons (Fsp3) is 0.333. The Balaban J connectivity index is 3.25. The second-order valence-corrected chi connectivity index (χ2v) is 3.29. The monoisotopic (exact) mass is 214 g/mol. The second-order valence-electron chi connectivity index (χ2n) is 3.29. The van der Waals surface area contributed by atoms with Crippen LogP contribution in [0, 0.1) is 0 Å². The average Bonchev–Trinajstić information content (AvgIpc) is 2.29. The van der Waals surface area contributed by atoms with Crippen molar-refractivity contribution in [2.24, 2.45) is 0 Å². The molecule has 0 spiro atoms. The van der Waals surface area contributed by atoms with Crippen LogP contribution in [0.15, 0.2) is 24.8 Å². The maximum atomic E-state index is 12.7. The molecule has 15 heavy (non-hydrogen) atoms. The molecule has 82 valence electrons. The Morgan fingerprint density at radius 2 is 1.53 bits per heavy atom. The normalized spacial score (nSPS) is 10.3. The molecule has 0 aliphatic heterocycles. The lowest BCUT2D eigenvalue weighted by atomic mass is 9.96. The molecule has 0 atom stereocenters. The third kappa shape index (κ3) is 2.61. The molecule has 1 rings (SSSR count). The summed E-state index contributed by atoms with van der Waals surface area (Å²) in [4.78, 5) is 0. The summed E-state index contributed by atoms with van der Waals surface area (Å²) in [5.41, 5.74) is 1.63. The maximum absolute atomic E-state index is 12.7. The molecule has 0 N–H and O–H groups in total. The minimum atomic E-state index is -0.704. The number of rotatable bonds is 5. The Hall–Kier alpha value is -1.25. The van der Waals surface area contributed by atoms with Crippen molar-refractivity contribution in [1.82, 2.24) is 0 Å². The van der Waals surface area contributed by atoms with E-state index in [9.17, 15) is 13.2 Å². The summed E-state index contributed by atoms with van der Waals surface area (Å²) < 4.78 is 37.7. The van der Waals surface area contributed by atoms with Gasteiger partial charge < -0.3 is 0 Å². The highest BCUT2D eigenvalue weighted by molar-refractivity contribution is 5.40. The van der Waals surface area contributed by atoms with E-state index in [0.29, 0.717) is 28.7 Å². The standard InChI is InChI=1S/C12H13F3/c1-2-3-12-10(7-14)4-9(6-13)5-11(12)8-15/h2,4-5H,1,3,6-8H2. The summed E-state index contributed by atoms with van der Waals surface area (Å²) in [5, 5.41) is 0. The lowest BCUT2D eigenvalue weighted by Crippen LogP contribution is -1.99. The van der Waals surface area contributed by atoms with Crippen molar-refractivity contribution in [2.75, 3.05) is 0 Å². The molecule has 0 radical (unpaired) electrons. The van der Waals surface area contributed by atoms with Crippen LogP contribution in [-0.2, 0) is 26.4 Å². The van der Waals surface area contributed by atoms with Gasteiger partial charge in [-0.25, -0.2) is 13.2 Å². The number of halogens is 3. The molecule has 0 fully saturated rings. The molecule has 0 aromatic heterocycles. The van der Waals surface area contributed by atoms with Gasteiger partial charge in [0.2, 0.25) is 0 Å². The molecule has 0 nitrogen and oxygen atoms in total. The van der Waals surface area contributed by atoms with E-state index in [1.54, 1.807) is 6.08 Å². The molecule has 1 aromatic rings. The minimum Gasteiger partial charge on any atom is -0.246 e. The highest BCUT2D eigenvalue weighted by atomic mass is 19.1. The molecular weight excluding hydrogens is 201 g/mol. The molecule has 0 heterocycles. The number of benzene rings is 1. The number of allylic oxidation sites excluding steroid dienone is 1. The van der Waals surface area contributed by atoms with Crippen molar-refractivity contribution in [3.63, 3.8) is 0 Å². The van der Waals surface area contributed by atoms with Gasteiger partial charge in [0.1, 0.15) is 20.0 Å². The van der Waals surface area contributed by atoms with Crippen molar-refractivity contribution in [3.8, 4) is 0 Å². The van der Waals surface area contributed by atoms with Gasteiger partial charge in [0.25, 0.3) is 0 Å². The van der Waals surface area contributed by atoms with Crippen molar-refractivity contribution in [3.05, 3.63) is 47.0 Å². The van der Waals surface area contributed by atoms with E-state index in [1.165, 1.54) is 12.1 Å². The predicted molar refractivity (Wildman–Crippen MR) is 54.8 cm³/mol. The molecule has 1 aromatic carbocycles. The van der Waals surface area contributed by atoms with E-state index in [-0.39, 0.29) is 0 Å². The Morgan fingerprint density at radius 3 is 1.87 bits per heavy atom. The summed E-state index contributed by atoms with van der Waals surface area (Å²) >= 11 is 0. The van der Waals surface area contributed by atoms with Gasteiger partial charge in [0, 0.05) is 0 Å². The smallest absolute Gasteiger partial charge is 0.115 e. The number of hydrogen-bond donors (Lipinski definition) is 0. The zero-order valence-electron chi connectivity index (χ0n) is 8.40. The fourth-order valence-electron chi connectivity index (χ4n) is 1.59. The van der Waals surface area contributed by atoms with Crippen LogP contribution >= 0.6 is 0 Å². The molecule has 0 aliphatic carbocycles. The van der Waals surface area contributed by atoms with E-state index in [2.05, 4.69) is 6.58 Å². The van der Waals surface area contributed by atoms with Crippen molar-refractivity contribution < 1.29 is 13.2 Å². The quantitative estimate of drug-likeness (QED) is 0.653. The Morgan fingerprint density at radius 1 is 1.00 bits per heavy atom. The van der Waals surface area contributed by atoms with Crippen LogP contribution in [0.1, 0.15) is 22.3 Å². The van der Waals surface area contributed by atoms with E-state index < -0.39 is 20.0 Å². The zero-order chi connectivity index (χ0) is 11.3. The van der Waals surface area contributed by atoms with E-state index in [0.717, 1.165) is 0 Å². The van der Waals surface area contributed by atoms with Crippen LogP contribution < -0.4 is 0 Å². The van der Waals surface area contributed by atoms with E-state index in [4.69, 9.17) is 0 Å². The van der Waals surface area contributed by atoms with E-state index in [1.807, 2.05) is 0 Å². The summed E-state index contributed by atoms with van der Waals surface area (Å²) in [5.74, 6) is 0. The van der Waals surface area contributed by atoms with Gasteiger partial charge in [-0.15, -0.1) is 6.58 Å². The maximum Gasteiger partial charge on any atom is 0.115 e. The highest BCUT2D eigenvalue weighted by Gasteiger charge is 2.09. The summed E-state index contributed by atoms with van der Waals surface area (Å²) in [6, 6.07) is 2.88. The van der Waals surface area contributed by atoms with Gasteiger partial charge in [-0.1, -0.05) is 18.2 Å². The van der Waals surface area contributed by atoms with Crippen LogP contribution in [0.25, 0.3) is 0 Å². The Labute approximate surface area is 87.4 Å². The first-order valence-corrected chi connectivity index (χ1v) is 4.69. The van der Waals surface area contributed by atoms with Gasteiger partial charge in [-0.3, -0.25) is 0 Å². The van der Waals surface area contributed by atoms with Crippen LogP contribution in [0.4, 0.5) is 13.2 Å². The molecule has 0 aliphatic rings. The SMILES string of the molecule is C=CCc1c(CF)cc(CF)cc1CF. The third-order valence-electron chi connectivity index (χ3n) is 2.29. The summed E-state index contributed by atoms with van der Waals surface area (Å²) in [6.45, 7) is 1.42. The van der Waals surface area contributed by atoms with Gasteiger partial charge in [0.15, 0.2) is 0 Å². The minimum absolute atomic E-state index is 0.322. The molecule has 3 heteroatoms. The van der Waals surface area contributed by atoms with Gasteiger partial charge in [-0.2, -0.15) is 0 Å². The molecule has 0 saturated heterocycles. The fourth-order valence-corrected chi connectivity index (χ4v) is 1.59. The lowest BCUT2D eigenvalue weighted by Gasteiger charge is -2.11. The van der Waals surface area contributed by atoms with Crippen LogP contribution in [0.2, 0.25) is 0 Å². The average molecular weight is 214 g/mol. The van der Waals surface area contributed by atoms with Crippen molar-refractivity contribution >= 4 is 0 Å². The first kappa shape index (κ1) is 11.8. The Bertz CT molecular complexity index is 320. The number of alkyl halides is 3. The molecule has 0 unspecified atom stereocenters. The molecule has 0 saturated carbocycles. The zero-order valence-corrected chi connectivity index (χ0v) is 8.40. The van der Waals surface area contributed by atoms with Gasteiger partial charge >= 0.3 is 0 Å². The van der Waals surface area contributed by atoms with Crippen LogP contribution in [0.3, 0.4) is 0 Å². The Kier molecular flexibility index (Phi) is 4.40. The first-order chi connectivity index (χ1) is 7.26. The van der Waals surface area contributed by atoms with Gasteiger partial charge in [-0.05, 0) is 28.7 Å². The van der Waals surface area contributed by atoms with E-state index >= 15 is 0 Å². The van der Waals surface area contributed by atoms with Crippen LogP contribution in [0.5, 0.6) is 0 Å². The number of hydrogen-bond acceptors (Lipinski definition) is 0. The lowest BCUT2D eigenvalue weighted by molar-refractivity contribution is 0.461. The molecule has 0 bridgehead atoms. The highest BCUT2D eigenvalue weighted by Crippen LogP contribution is 2.21.